The van der Waals surface area contributed by atoms with Gasteiger partial charge in [-0.3, -0.25) is 0 Å². The van der Waals surface area contributed by atoms with Gasteiger partial charge in [-0.05, 0) is 38.0 Å². The largest absolute Gasteiger partial charge is 1.00 e. The van der Waals surface area contributed by atoms with E-state index in [4.69, 9.17) is 5.73 Å². The van der Waals surface area contributed by atoms with Crippen molar-refractivity contribution in [1.29, 1.82) is 0 Å². The van der Waals surface area contributed by atoms with E-state index in [2.05, 4.69) is 53.2 Å². The fraction of sp³-hybridized carbons (Fsp3) is 0.294. The Hall–Kier alpha value is -2.27. The van der Waals surface area contributed by atoms with Crippen LogP contribution in [0.25, 0.3) is 5.52 Å². The van der Waals surface area contributed by atoms with Crippen LogP contribution in [0.1, 0.15) is 16.8 Å². The van der Waals surface area contributed by atoms with Gasteiger partial charge in [0.2, 0.25) is 0 Å². The van der Waals surface area contributed by atoms with Crippen molar-refractivity contribution in [3.8, 4) is 0 Å². The number of rotatable bonds is 4. The second kappa shape index (κ2) is 6.87. The van der Waals surface area contributed by atoms with E-state index in [9.17, 15) is 0 Å². The van der Waals surface area contributed by atoms with Gasteiger partial charge in [0.15, 0.2) is 18.2 Å². The Morgan fingerprint density at radius 2 is 2.04 bits per heavy atom. The zero-order valence-corrected chi connectivity index (χ0v) is 14.4. The van der Waals surface area contributed by atoms with Crippen LogP contribution in [0.4, 0.5) is 11.5 Å². The number of halogens is 1. The van der Waals surface area contributed by atoms with Crippen molar-refractivity contribution >= 4 is 17.0 Å². The Bertz CT molecular complexity index is 825. The number of pyridine rings is 2. The van der Waals surface area contributed by atoms with E-state index in [1.54, 1.807) is 0 Å². The Balaban J connectivity index is 0.00000192. The molecule has 0 saturated heterocycles. The third kappa shape index (κ3) is 3.40. The smallest absolute Gasteiger partial charge is 0.172 e. The molecular weight excluding hydrogens is 310 g/mol. The number of aryl methyl sites for hydroxylation is 3. The lowest BCUT2D eigenvalue weighted by molar-refractivity contribution is -0.671. The Morgan fingerprint density at radius 3 is 2.78 bits per heavy atom. The highest BCUT2D eigenvalue weighted by Gasteiger charge is 2.11. The molecule has 0 spiro atoms. The molecule has 122 valence electrons. The minimum Gasteiger partial charge on any atom is -1.00 e. The molecule has 0 bridgehead atoms. The lowest BCUT2D eigenvalue weighted by Gasteiger charge is -2.03. The quantitative estimate of drug-likeness (QED) is 0.604. The van der Waals surface area contributed by atoms with Crippen molar-refractivity contribution in [3.63, 3.8) is 0 Å². The molecule has 0 unspecified atom stereocenters. The first kappa shape index (κ1) is 17.1. The number of aromatic nitrogens is 3. The van der Waals surface area contributed by atoms with Crippen molar-refractivity contribution in [2.24, 2.45) is 7.05 Å². The van der Waals surface area contributed by atoms with E-state index < -0.39 is 0 Å². The van der Waals surface area contributed by atoms with Crippen LogP contribution in [0.5, 0.6) is 0 Å². The molecule has 0 radical (unpaired) electrons. The maximum atomic E-state index is 6.21. The van der Waals surface area contributed by atoms with Crippen molar-refractivity contribution in [2.45, 2.75) is 20.3 Å². The fourth-order valence-electron chi connectivity index (χ4n) is 2.60. The van der Waals surface area contributed by atoms with Crippen LogP contribution in [-0.4, -0.2) is 16.2 Å². The summed E-state index contributed by atoms with van der Waals surface area (Å²) in [6, 6.07) is 8.28. The molecule has 0 aliphatic carbocycles. The average Bonchev–Trinajstić information content (AvgIpc) is 2.81. The molecule has 3 aromatic rings. The lowest BCUT2D eigenvalue weighted by Crippen LogP contribution is -3.00. The predicted molar refractivity (Wildman–Crippen MR) is 88.9 cm³/mol. The summed E-state index contributed by atoms with van der Waals surface area (Å²) in [6.45, 7) is 4.94. The number of fused-ring (bicyclic) bond motifs is 1. The topological polar surface area (TPSA) is 59.2 Å². The number of anilines is 2. The van der Waals surface area contributed by atoms with Gasteiger partial charge in [0.1, 0.15) is 12.7 Å². The summed E-state index contributed by atoms with van der Waals surface area (Å²) in [5.74, 6) is 0.758. The molecule has 0 amide bonds. The monoisotopic (exact) mass is 331 g/mol. The Kier molecular flexibility index (Phi) is 5.11. The molecule has 3 N–H and O–H groups in total. The summed E-state index contributed by atoms with van der Waals surface area (Å²) in [5.41, 5.74) is 11.5. The first-order valence-electron chi connectivity index (χ1n) is 7.48. The molecule has 0 aromatic carbocycles. The number of nitrogens with two attached hydrogens (primary N) is 1. The third-order valence-corrected chi connectivity index (χ3v) is 4.05. The molecule has 0 aliphatic rings. The predicted octanol–water partition coefficient (Wildman–Crippen LogP) is -0.984. The minimum absolute atomic E-state index is 0. The zero-order chi connectivity index (χ0) is 15.7. The minimum atomic E-state index is 0. The number of nitrogens with zero attached hydrogens (tertiary/aromatic N) is 3. The van der Waals surface area contributed by atoms with Crippen LogP contribution < -0.4 is 28.0 Å². The second-order valence-electron chi connectivity index (χ2n) is 5.72. The molecule has 0 aliphatic heterocycles. The van der Waals surface area contributed by atoms with Gasteiger partial charge in [0.05, 0.1) is 5.52 Å². The second-order valence-corrected chi connectivity index (χ2v) is 5.72. The highest BCUT2D eigenvalue weighted by Crippen LogP contribution is 2.25. The number of hydrogen-bond acceptors (Lipinski definition) is 3. The number of nitrogens with one attached hydrogen (secondary N) is 1. The average molecular weight is 332 g/mol. The molecule has 23 heavy (non-hydrogen) atoms. The first-order valence-corrected chi connectivity index (χ1v) is 7.48. The number of nitrogen functional groups attached to an aromatic ring is 1. The molecule has 3 rings (SSSR count). The van der Waals surface area contributed by atoms with Gasteiger partial charge >= 0.3 is 0 Å². The van der Waals surface area contributed by atoms with Crippen molar-refractivity contribution in [2.75, 3.05) is 17.6 Å². The third-order valence-electron chi connectivity index (χ3n) is 4.05. The first-order chi connectivity index (χ1) is 10.6. The molecule has 0 atom stereocenters. The van der Waals surface area contributed by atoms with E-state index in [0.717, 1.165) is 30.0 Å². The molecule has 6 heteroatoms. The Morgan fingerprint density at radius 1 is 1.26 bits per heavy atom. The van der Waals surface area contributed by atoms with Crippen LogP contribution in [0.3, 0.4) is 0 Å². The maximum absolute atomic E-state index is 6.21. The standard InChI is InChI=1S/C17H22N5.ClH/c1-12-6-7-15-16(18)17(20-22(15)13(12)2)19-9-8-14-5-4-10-21(3)11-14;/h4-7,10-11H,8-9,18H2,1-3H3,(H,19,20);1H/q+1;/p-1. The van der Waals surface area contributed by atoms with E-state index in [0.29, 0.717) is 5.69 Å². The molecular formula is C17H22ClN5. The summed E-state index contributed by atoms with van der Waals surface area (Å²) in [4.78, 5) is 0. The zero-order valence-electron chi connectivity index (χ0n) is 13.7. The van der Waals surface area contributed by atoms with Gasteiger partial charge in [-0.25, -0.2) is 9.08 Å². The SMILES string of the molecule is Cc1ccc2c(N)c(NCCc3ccc[n+](C)c3)nn2c1C.[Cl-]. The van der Waals surface area contributed by atoms with E-state index >= 15 is 0 Å². The normalized spacial score (nSPS) is 10.6. The Labute approximate surface area is 142 Å². The summed E-state index contributed by atoms with van der Waals surface area (Å²) in [6.07, 6.45) is 5.09. The molecule has 0 fully saturated rings. The van der Waals surface area contributed by atoms with E-state index in [1.807, 2.05) is 23.8 Å². The van der Waals surface area contributed by atoms with Crippen LogP contribution in [0, 0.1) is 13.8 Å². The summed E-state index contributed by atoms with van der Waals surface area (Å²) >= 11 is 0. The number of hydrogen-bond donors (Lipinski definition) is 2. The van der Waals surface area contributed by atoms with Crippen LogP contribution in [0.2, 0.25) is 0 Å². The van der Waals surface area contributed by atoms with E-state index in [1.165, 1.54) is 11.1 Å². The van der Waals surface area contributed by atoms with Crippen LogP contribution in [-0.2, 0) is 13.5 Å². The van der Waals surface area contributed by atoms with Crippen LogP contribution >= 0.6 is 0 Å². The van der Waals surface area contributed by atoms with Crippen molar-refractivity contribution in [3.05, 3.63) is 53.5 Å². The van der Waals surface area contributed by atoms with Crippen molar-refractivity contribution < 1.29 is 17.0 Å². The molecule has 0 saturated carbocycles. The summed E-state index contributed by atoms with van der Waals surface area (Å²) in [5, 5.41) is 7.95. The molecule has 5 nitrogen and oxygen atoms in total. The summed E-state index contributed by atoms with van der Waals surface area (Å²) in [7, 11) is 2.03. The highest BCUT2D eigenvalue weighted by molar-refractivity contribution is 5.81. The molecule has 3 heterocycles. The highest BCUT2D eigenvalue weighted by atomic mass is 35.5. The van der Waals surface area contributed by atoms with Gasteiger partial charge in [-0.2, -0.15) is 0 Å². The van der Waals surface area contributed by atoms with Gasteiger partial charge in [-0.1, -0.05) is 6.07 Å². The maximum Gasteiger partial charge on any atom is 0.172 e. The van der Waals surface area contributed by atoms with Gasteiger partial charge in [0.25, 0.3) is 0 Å². The summed E-state index contributed by atoms with van der Waals surface area (Å²) < 4.78 is 3.97. The van der Waals surface area contributed by atoms with E-state index in [-0.39, 0.29) is 12.4 Å². The van der Waals surface area contributed by atoms with Crippen LogP contribution in [0.15, 0.2) is 36.7 Å². The fourth-order valence-corrected chi connectivity index (χ4v) is 2.60. The molecule has 3 aromatic heterocycles. The van der Waals surface area contributed by atoms with Gasteiger partial charge in [-0.15, -0.1) is 5.10 Å². The van der Waals surface area contributed by atoms with Gasteiger partial charge < -0.3 is 23.5 Å². The lowest BCUT2D eigenvalue weighted by atomic mass is 10.2. The van der Waals surface area contributed by atoms with Crippen molar-refractivity contribution in [1.82, 2.24) is 9.61 Å². The van der Waals surface area contributed by atoms with Gasteiger partial charge in [0, 0.05) is 23.9 Å².